The van der Waals surface area contributed by atoms with Crippen molar-refractivity contribution in [3.05, 3.63) is 35.4 Å². The minimum absolute atomic E-state index is 0.196. The van der Waals surface area contributed by atoms with Crippen molar-refractivity contribution in [1.29, 1.82) is 0 Å². The lowest BCUT2D eigenvalue weighted by Crippen LogP contribution is -2.39. The lowest BCUT2D eigenvalue weighted by atomic mass is 9.77. The Labute approximate surface area is 116 Å². The molecule has 1 fully saturated rings. The number of carboxylic acid groups (broad SMARTS) is 1. The molecule has 106 valence electrons. The molecule has 20 heavy (non-hydrogen) atoms. The van der Waals surface area contributed by atoms with Crippen LogP contribution in [0.2, 0.25) is 0 Å². The molecule has 0 spiro atoms. The van der Waals surface area contributed by atoms with Crippen molar-refractivity contribution in [3.8, 4) is 0 Å². The van der Waals surface area contributed by atoms with Gasteiger partial charge in [-0.3, -0.25) is 4.79 Å². The first-order valence-corrected chi connectivity index (χ1v) is 6.89. The molecule has 2 aliphatic rings. The van der Waals surface area contributed by atoms with Gasteiger partial charge in [0.25, 0.3) is 0 Å². The molecule has 0 radical (unpaired) electrons. The van der Waals surface area contributed by atoms with Crippen molar-refractivity contribution < 1.29 is 19.4 Å². The number of carbonyl (C=O) groups is 2. The molecule has 1 saturated heterocycles. The van der Waals surface area contributed by atoms with E-state index in [4.69, 9.17) is 9.84 Å². The number of hydrogen-bond donors (Lipinski definition) is 2. The molecule has 1 amide bonds. The standard InChI is InChI=1S/C15H17NO4/c17-14(12-5-6-13(20-12)15(18)19)16-8-10-7-9-3-1-2-4-11(9)10/h1-4,10,12-13H,5-8H2,(H,16,17)(H,18,19). The second-order valence-electron chi connectivity index (χ2n) is 5.37. The Balaban J connectivity index is 1.48. The molecule has 3 atom stereocenters. The van der Waals surface area contributed by atoms with E-state index < -0.39 is 18.2 Å². The molecular formula is C15H17NO4. The van der Waals surface area contributed by atoms with E-state index in [-0.39, 0.29) is 5.91 Å². The Bertz CT molecular complexity index is 542. The van der Waals surface area contributed by atoms with Crippen LogP contribution in [-0.4, -0.2) is 35.7 Å². The third-order valence-electron chi connectivity index (χ3n) is 4.07. The normalized spacial score (nSPS) is 27.5. The van der Waals surface area contributed by atoms with Crippen LogP contribution in [0.1, 0.15) is 29.9 Å². The third-order valence-corrected chi connectivity index (χ3v) is 4.07. The highest BCUT2D eigenvalue weighted by atomic mass is 16.5. The molecule has 0 aromatic heterocycles. The monoisotopic (exact) mass is 275 g/mol. The van der Waals surface area contributed by atoms with Gasteiger partial charge in [0.2, 0.25) is 5.91 Å². The highest BCUT2D eigenvalue weighted by molar-refractivity contribution is 5.82. The average Bonchev–Trinajstić information content (AvgIpc) is 2.89. The van der Waals surface area contributed by atoms with Gasteiger partial charge >= 0.3 is 5.97 Å². The quantitative estimate of drug-likeness (QED) is 0.862. The second-order valence-corrected chi connectivity index (χ2v) is 5.37. The lowest BCUT2D eigenvalue weighted by molar-refractivity contribution is -0.151. The zero-order chi connectivity index (χ0) is 14.1. The van der Waals surface area contributed by atoms with E-state index >= 15 is 0 Å². The van der Waals surface area contributed by atoms with Crippen LogP contribution in [-0.2, 0) is 20.7 Å². The number of rotatable bonds is 4. The molecule has 5 nitrogen and oxygen atoms in total. The van der Waals surface area contributed by atoms with Gasteiger partial charge in [-0.15, -0.1) is 0 Å². The average molecular weight is 275 g/mol. The molecule has 1 heterocycles. The minimum Gasteiger partial charge on any atom is -0.479 e. The Morgan fingerprint density at radius 2 is 2.00 bits per heavy atom. The number of aliphatic carboxylic acids is 1. The van der Waals surface area contributed by atoms with Crippen LogP contribution < -0.4 is 5.32 Å². The van der Waals surface area contributed by atoms with Crippen molar-refractivity contribution in [2.45, 2.75) is 37.4 Å². The Hall–Kier alpha value is -1.88. The molecule has 1 aliphatic heterocycles. The molecule has 0 saturated carbocycles. The Morgan fingerprint density at radius 3 is 2.70 bits per heavy atom. The van der Waals surface area contributed by atoms with Gasteiger partial charge in [-0.1, -0.05) is 24.3 Å². The van der Waals surface area contributed by atoms with Gasteiger partial charge in [0.15, 0.2) is 6.10 Å². The first-order chi connectivity index (χ1) is 9.65. The predicted octanol–water partition coefficient (Wildman–Crippen LogP) is 1.07. The van der Waals surface area contributed by atoms with Gasteiger partial charge in [-0.2, -0.15) is 0 Å². The maximum absolute atomic E-state index is 11.9. The van der Waals surface area contributed by atoms with Crippen LogP contribution in [0.25, 0.3) is 0 Å². The molecule has 1 aromatic rings. The second kappa shape index (κ2) is 5.25. The van der Waals surface area contributed by atoms with Crippen molar-refractivity contribution in [3.63, 3.8) is 0 Å². The van der Waals surface area contributed by atoms with Crippen LogP contribution in [0.15, 0.2) is 24.3 Å². The summed E-state index contributed by atoms with van der Waals surface area (Å²) in [5.74, 6) is -0.821. The zero-order valence-electron chi connectivity index (χ0n) is 11.0. The summed E-state index contributed by atoms with van der Waals surface area (Å²) in [5, 5.41) is 11.7. The van der Waals surface area contributed by atoms with Gasteiger partial charge < -0.3 is 15.2 Å². The molecule has 3 rings (SSSR count). The smallest absolute Gasteiger partial charge is 0.332 e. The molecule has 3 unspecified atom stereocenters. The van der Waals surface area contributed by atoms with Crippen LogP contribution in [0, 0.1) is 0 Å². The summed E-state index contributed by atoms with van der Waals surface area (Å²) in [6.07, 6.45) is 0.408. The van der Waals surface area contributed by atoms with E-state index in [0.717, 1.165) is 6.42 Å². The summed E-state index contributed by atoms with van der Waals surface area (Å²) in [4.78, 5) is 22.7. The van der Waals surface area contributed by atoms with Crippen LogP contribution in [0.3, 0.4) is 0 Å². The number of benzene rings is 1. The largest absolute Gasteiger partial charge is 0.479 e. The number of amides is 1. The molecule has 2 N–H and O–H groups in total. The van der Waals surface area contributed by atoms with E-state index in [9.17, 15) is 9.59 Å². The minimum atomic E-state index is -0.992. The van der Waals surface area contributed by atoms with Crippen LogP contribution >= 0.6 is 0 Å². The molecule has 1 aromatic carbocycles. The molecule has 5 heteroatoms. The number of hydrogen-bond acceptors (Lipinski definition) is 3. The summed E-state index contributed by atoms with van der Waals surface area (Å²) in [7, 11) is 0. The lowest BCUT2D eigenvalue weighted by Gasteiger charge is -2.30. The van der Waals surface area contributed by atoms with Gasteiger partial charge in [0, 0.05) is 12.5 Å². The van der Waals surface area contributed by atoms with E-state index in [1.54, 1.807) is 0 Å². The third kappa shape index (κ3) is 2.41. The van der Waals surface area contributed by atoms with E-state index in [1.165, 1.54) is 11.1 Å². The molecule has 1 aliphatic carbocycles. The highest BCUT2D eigenvalue weighted by Gasteiger charge is 2.35. The highest BCUT2D eigenvalue weighted by Crippen LogP contribution is 2.34. The van der Waals surface area contributed by atoms with Crippen molar-refractivity contribution >= 4 is 11.9 Å². The number of nitrogens with one attached hydrogen (secondary N) is 1. The van der Waals surface area contributed by atoms with Gasteiger partial charge in [-0.25, -0.2) is 4.79 Å². The van der Waals surface area contributed by atoms with E-state index in [2.05, 4.69) is 17.4 Å². The summed E-state index contributed by atoms with van der Waals surface area (Å²) >= 11 is 0. The van der Waals surface area contributed by atoms with Crippen molar-refractivity contribution in [2.24, 2.45) is 0 Å². The summed E-state index contributed by atoms with van der Waals surface area (Å²) in [6.45, 7) is 0.591. The Morgan fingerprint density at radius 1 is 1.25 bits per heavy atom. The predicted molar refractivity (Wildman–Crippen MR) is 71.4 cm³/mol. The van der Waals surface area contributed by atoms with Crippen molar-refractivity contribution in [1.82, 2.24) is 5.32 Å². The summed E-state index contributed by atoms with van der Waals surface area (Å²) < 4.78 is 5.23. The number of fused-ring (bicyclic) bond motifs is 1. The number of ether oxygens (including phenoxy) is 1. The molecular weight excluding hydrogens is 258 g/mol. The van der Waals surface area contributed by atoms with E-state index in [0.29, 0.717) is 25.3 Å². The maximum Gasteiger partial charge on any atom is 0.332 e. The topological polar surface area (TPSA) is 75.6 Å². The number of carbonyl (C=O) groups excluding carboxylic acids is 1. The number of carboxylic acids is 1. The van der Waals surface area contributed by atoms with Crippen molar-refractivity contribution in [2.75, 3.05) is 6.54 Å². The SMILES string of the molecule is O=C(O)C1CCC(C(=O)NCC2Cc3ccccc32)O1. The summed E-state index contributed by atoms with van der Waals surface area (Å²) in [5.41, 5.74) is 2.64. The van der Waals surface area contributed by atoms with Gasteiger partial charge in [0.05, 0.1) is 0 Å². The van der Waals surface area contributed by atoms with E-state index in [1.807, 2.05) is 12.1 Å². The van der Waals surface area contributed by atoms with Gasteiger partial charge in [-0.05, 0) is 30.4 Å². The first-order valence-electron chi connectivity index (χ1n) is 6.89. The molecule has 0 bridgehead atoms. The van der Waals surface area contributed by atoms with Crippen LogP contribution in [0.4, 0.5) is 0 Å². The fourth-order valence-electron chi connectivity index (χ4n) is 2.89. The zero-order valence-corrected chi connectivity index (χ0v) is 11.0. The summed E-state index contributed by atoms with van der Waals surface area (Å²) in [6, 6.07) is 8.21. The van der Waals surface area contributed by atoms with Gasteiger partial charge in [0.1, 0.15) is 6.10 Å². The fraction of sp³-hybridized carbons (Fsp3) is 0.467. The first kappa shape index (κ1) is 13.1. The maximum atomic E-state index is 11.9. The van der Waals surface area contributed by atoms with Crippen LogP contribution in [0.5, 0.6) is 0 Å². The fourth-order valence-corrected chi connectivity index (χ4v) is 2.89. The Kier molecular flexibility index (Phi) is 3.44.